The molecule has 0 unspecified atom stereocenters. The maximum Gasteiger partial charge on any atom is 0.164 e. The van der Waals surface area contributed by atoms with E-state index in [-0.39, 0.29) is 5.41 Å². The second kappa shape index (κ2) is 31.7. The smallest absolute Gasteiger partial charge is 0.164 e. The lowest BCUT2D eigenvalue weighted by Crippen LogP contribution is -2.15. The number of fused-ring (bicyclic) bond motifs is 22. The van der Waals surface area contributed by atoms with Gasteiger partial charge in [-0.25, -0.2) is 34.9 Å². The molecule has 1 aliphatic carbocycles. The Hall–Kier alpha value is -17.8. The van der Waals surface area contributed by atoms with Crippen LogP contribution in [0, 0.1) is 0 Å². The summed E-state index contributed by atoms with van der Waals surface area (Å²) in [5, 5.41) is 20.5. The average Bonchev–Trinajstić information content (AvgIpc) is 1.63. The third-order valence-electron chi connectivity index (χ3n) is 27.6. The van der Waals surface area contributed by atoms with E-state index in [0.29, 0.717) is 17.5 Å². The Bertz CT molecular complexity index is 9900. The molecule has 0 spiro atoms. The Labute approximate surface area is 789 Å². The quantitative estimate of drug-likeness (QED) is 0.138. The van der Waals surface area contributed by atoms with Gasteiger partial charge in [0.2, 0.25) is 0 Å². The summed E-state index contributed by atoms with van der Waals surface area (Å²) in [5.41, 5.74) is 28.9. The van der Waals surface area contributed by atoms with Gasteiger partial charge >= 0.3 is 0 Å². The molecule has 1 aliphatic rings. The molecule has 640 valence electrons. The van der Waals surface area contributed by atoms with Crippen molar-refractivity contribution < 1.29 is 13.3 Å². The van der Waals surface area contributed by atoms with E-state index in [1.165, 1.54) is 74.9 Å². The van der Waals surface area contributed by atoms with Crippen molar-refractivity contribution in [1.29, 1.82) is 0 Å². The van der Waals surface area contributed by atoms with Crippen molar-refractivity contribution in [1.82, 2.24) is 34.9 Å². The van der Waals surface area contributed by atoms with Gasteiger partial charge in [0.1, 0.15) is 33.5 Å². The summed E-state index contributed by atoms with van der Waals surface area (Å²) < 4.78 is 22.0. The van der Waals surface area contributed by atoms with Crippen LogP contribution in [0.1, 0.15) is 25.0 Å². The van der Waals surface area contributed by atoms with E-state index < -0.39 is 0 Å². The molecule has 0 bridgehead atoms. The van der Waals surface area contributed by atoms with Crippen molar-refractivity contribution in [3.8, 4) is 113 Å². The first kappa shape index (κ1) is 79.0. The van der Waals surface area contributed by atoms with Crippen LogP contribution in [0.2, 0.25) is 0 Å². The maximum absolute atomic E-state index is 6.65. The highest BCUT2D eigenvalue weighted by Gasteiger charge is 2.37. The van der Waals surface area contributed by atoms with Gasteiger partial charge in [-0.1, -0.05) is 341 Å². The Balaban J connectivity index is 0.000000105. The van der Waals surface area contributed by atoms with Gasteiger partial charge in [-0.05, 0) is 196 Å². The third-order valence-corrected chi connectivity index (χ3v) is 28.7. The summed E-state index contributed by atoms with van der Waals surface area (Å²) in [6.45, 7) is 4.64. The van der Waals surface area contributed by atoms with E-state index in [0.717, 1.165) is 193 Å². The first-order valence-electron chi connectivity index (χ1n) is 46.3. The van der Waals surface area contributed by atoms with E-state index in [2.05, 4.69) is 347 Å². The fourth-order valence-corrected chi connectivity index (χ4v) is 22.3. The minimum Gasteiger partial charge on any atom is -0.456 e. The van der Waals surface area contributed by atoms with E-state index in [1.807, 2.05) is 108 Å². The van der Waals surface area contributed by atoms with Crippen LogP contribution in [0.5, 0.6) is 0 Å². The SMILES string of the molecule is CC1(C)c2ccccc2-c2ccc(-c3nc4ccccc4nc3-c3c4ccccc4cc4oc5ccccc5c34)cc21.c1cc(-c2ccc3ccccc3c2)cc(-c2nc3ccccc3nc2-c2c3ccccc3cc3sc4ccccc4c23)c1.c1ccc(-c2nc(-c3ccc4ccccc4c3)nc(-c3cccc4oc5cc(-c6c7ccccc7cc7oc8ccccc8c67)ccc5c34)n2)cc1. The summed E-state index contributed by atoms with van der Waals surface area (Å²) in [5.74, 6) is 1.83. The van der Waals surface area contributed by atoms with E-state index in [1.54, 1.807) is 0 Å². The molecule has 0 radical (unpaired) electrons. The number of para-hydroxylation sites is 6. The average molecular weight is 1770 g/mol. The zero-order valence-corrected chi connectivity index (χ0v) is 75.1. The summed E-state index contributed by atoms with van der Waals surface area (Å²) in [7, 11) is 0. The molecule has 28 aromatic rings. The summed E-state index contributed by atoms with van der Waals surface area (Å²) in [6.07, 6.45) is 0. The molecule has 0 N–H and O–H groups in total. The Morgan fingerprint density at radius 2 is 0.613 bits per heavy atom. The highest BCUT2D eigenvalue weighted by Crippen LogP contribution is 2.54. The first-order chi connectivity index (χ1) is 67.6. The Morgan fingerprint density at radius 1 is 0.197 bits per heavy atom. The number of nitrogens with zero attached hydrogens (tertiary/aromatic N) is 7. The molecular weight excluding hydrogens is 1690 g/mol. The number of thiophene rings is 1. The first-order valence-corrected chi connectivity index (χ1v) is 47.1. The number of rotatable bonds is 9. The summed E-state index contributed by atoms with van der Waals surface area (Å²) in [6, 6.07) is 151. The Kier molecular flexibility index (Phi) is 18.3. The minimum absolute atomic E-state index is 0.111. The lowest BCUT2D eigenvalue weighted by Gasteiger charge is -2.22. The molecule has 29 rings (SSSR count). The van der Waals surface area contributed by atoms with Crippen LogP contribution in [-0.2, 0) is 5.41 Å². The van der Waals surface area contributed by atoms with Crippen LogP contribution in [0.15, 0.2) is 444 Å². The highest BCUT2D eigenvalue weighted by molar-refractivity contribution is 7.26. The number of furan rings is 3. The molecule has 0 aliphatic heterocycles. The molecule has 0 fully saturated rings. The number of hydrogen-bond acceptors (Lipinski definition) is 11. The van der Waals surface area contributed by atoms with E-state index in [4.69, 9.17) is 48.1 Å². The molecule has 21 aromatic carbocycles. The van der Waals surface area contributed by atoms with Crippen LogP contribution < -0.4 is 0 Å². The van der Waals surface area contributed by atoms with Crippen molar-refractivity contribution >= 4 is 173 Å². The molecule has 7 aromatic heterocycles. The summed E-state index contributed by atoms with van der Waals surface area (Å²) >= 11 is 1.84. The lowest BCUT2D eigenvalue weighted by molar-refractivity contribution is 0.660. The predicted octanol–water partition coefficient (Wildman–Crippen LogP) is 34.3. The van der Waals surface area contributed by atoms with Gasteiger partial charge in [0.15, 0.2) is 17.5 Å². The fraction of sp³-hybridized carbons (Fsp3) is 0.0238. The zero-order valence-electron chi connectivity index (χ0n) is 74.3. The molecule has 7 heterocycles. The van der Waals surface area contributed by atoms with Gasteiger partial charge in [0, 0.05) is 102 Å². The van der Waals surface area contributed by atoms with Crippen molar-refractivity contribution in [2.45, 2.75) is 19.3 Å². The van der Waals surface area contributed by atoms with Gasteiger partial charge in [0.05, 0.1) is 44.8 Å². The van der Waals surface area contributed by atoms with Crippen molar-refractivity contribution in [3.05, 3.63) is 442 Å². The van der Waals surface area contributed by atoms with E-state index >= 15 is 0 Å². The number of benzene rings is 21. The molecule has 11 heteroatoms. The van der Waals surface area contributed by atoms with Crippen LogP contribution in [0.25, 0.3) is 274 Å². The molecule has 10 nitrogen and oxygen atoms in total. The normalized spacial score (nSPS) is 12.4. The molecule has 0 saturated heterocycles. The van der Waals surface area contributed by atoms with E-state index in [9.17, 15) is 0 Å². The predicted molar refractivity (Wildman–Crippen MR) is 568 cm³/mol. The standard InChI is InChI=1S/C47H27N3O2.C40H24N2S.C39H26N2O/c1-2-12-29(13-3-1)45-48-46(33-22-21-28-11-4-5-14-30(28)25-33)50-47(49-45)37-18-10-20-39-43(37)36-24-23-32(27-40(36)52-39)42-34-16-7-6-15-31(34)26-41-44(42)35-17-8-9-19-38(35)51-41;1-2-11-26-22-28(21-20-25(26)10-1)27-13-9-14-30(23-27)39-40(42-34-18-7-6-17-33(34)41-39)38-31-15-4-3-12-29(31)24-36-37(38)32-16-5-8-19-35(32)43-36;1-39(2)29-15-7-5-13-26(29)27-20-19-24(21-30(27)39)37-38(41-32-17-9-8-16-31(32)40-37)36-25-12-4-3-11-23(25)22-34-35(36)28-14-6-10-18-33(28)42-34/h1-27H;1-24H;3-22H,1-2H3. The van der Waals surface area contributed by atoms with Gasteiger partial charge in [-0.3, -0.25) is 0 Å². The Morgan fingerprint density at radius 3 is 1.26 bits per heavy atom. The molecule has 137 heavy (non-hydrogen) atoms. The lowest BCUT2D eigenvalue weighted by atomic mass is 9.81. The topological polar surface area (TPSA) is 130 Å². The van der Waals surface area contributed by atoms with Crippen molar-refractivity contribution in [2.75, 3.05) is 0 Å². The van der Waals surface area contributed by atoms with Gasteiger partial charge in [0.25, 0.3) is 0 Å². The molecule has 0 atom stereocenters. The zero-order chi connectivity index (χ0) is 90.5. The maximum atomic E-state index is 6.65. The van der Waals surface area contributed by atoms with Crippen molar-refractivity contribution in [3.63, 3.8) is 0 Å². The largest absolute Gasteiger partial charge is 0.456 e. The minimum atomic E-state index is -0.111. The second-order valence-electron chi connectivity index (χ2n) is 36.0. The monoisotopic (exact) mass is 1770 g/mol. The second-order valence-corrected chi connectivity index (χ2v) is 37.0. The van der Waals surface area contributed by atoms with Crippen LogP contribution in [0.4, 0.5) is 0 Å². The van der Waals surface area contributed by atoms with Crippen LogP contribution in [0.3, 0.4) is 0 Å². The number of hydrogen-bond donors (Lipinski definition) is 0. The van der Waals surface area contributed by atoms with Gasteiger partial charge < -0.3 is 13.3 Å². The third kappa shape index (κ3) is 13.2. The summed E-state index contributed by atoms with van der Waals surface area (Å²) in [4.78, 5) is 36.6. The van der Waals surface area contributed by atoms with Crippen LogP contribution in [-0.4, -0.2) is 34.9 Å². The number of aromatic nitrogens is 7. The van der Waals surface area contributed by atoms with Gasteiger partial charge in [-0.2, -0.15) is 0 Å². The molecule has 0 saturated carbocycles. The highest BCUT2D eigenvalue weighted by atomic mass is 32.1. The fourth-order valence-electron chi connectivity index (χ4n) is 21.1. The van der Waals surface area contributed by atoms with Gasteiger partial charge in [-0.15, -0.1) is 11.3 Å². The van der Waals surface area contributed by atoms with Crippen LogP contribution >= 0.6 is 11.3 Å². The molecule has 0 amide bonds. The molecular formula is C126H77N7O3S. The van der Waals surface area contributed by atoms with Crippen molar-refractivity contribution in [2.24, 2.45) is 0 Å².